The number of benzene rings is 1. The predicted molar refractivity (Wildman–Crippen MR) is 166 cm³/mol. The molecule has 0 spiro atoms. The molecule has 0 saturated carbocycles. The molecule has 10 nitrogen and oxygen atoms in total. The molecule has 11 heteroatoms. The summed E-state index contributed by atoms with van der Waals surface area (Å²) in [4.78, 5) is 55.1. The van der Waals surface area contributed by atoms with E-state index in [1.807, 2.05) is 0 Å². The summed E-state index contributed by atoms with van der Waals surface area (Å²) in [5.41, 5.74) is -1.80. The van der Waals surface area contributed by atoms with Gasteiger partial charge in [-0.2, -0.15) is 4.90 Å². The first kappa shape index (κ1) is 37.1. The molecule has 0 aliphatic rings. The lowest BCUT2D eigenvalue weighted by Gasteiger charge is -2.36. The predicted octanol–water partition coefficient (Wildman–Crippen LogP) is 8.04. The SMILES string of the molecule is C[C@@H](C(=O)N(C(=O)OC(C)(C)C)c1ccc(CO[Si](C)(C)C(C)(C)C)cc1)N(C(=O)OC(C)(C)C)C(=O)OC(C)(C)C. The van der Waals surface area contributed by atoms with Gasteiger partial charge in [0.25, 0.3) is 5.91 Å². The highest BCUT2D eigenvalue weighted by atomic mass is 28.4. The van der Waals surface area contributed by atoms with Crippen molar-refractivity contribution < 1.29 is 37.8 Å². The number of carbonyl (C=O) groups is 4. The van der Waals surface area contributed by atoms with E-state index in [0.29, 0.717) is 11.5 Å². The fraction of sp³-hybridized carbons (Fsp3) is 0.677. The van der Waals surface area contributed by atoms with Crippen LogP contribution in [0.3, 0.4) is 0 Å². The molecule has 4 amide bonds. The Morgan fingerprint density at radius 1 is 0.690 bits per heavy atom. The average molecular weight is 609 g/mol. The van der Waals surface area contributed by atoms with Gasteiger partial charge in [0, 0.05) is 0 Å². The molecule has 0 aliphatic heterocycles. The quantitative estimate of drug-likeness (QED) is 0.236. The maximum atomic E-state index is 14.0. The van der Waals surface area contributed by atoms with E-state index in [1.54, 1.807) is 86.6 Å². The second-order valence-corrected chi connectivity index (χ2v) is 19.7. The minimum atomic E-state index is -2.00. The number of ether oxygens (including phenoxy) is 3. The maximum absolute atomic E-state index is 14.0. The molecule has 0 aromatic heterocycles. The van der Waals surface area contributed by atoms with Gasteiger partial charge >= 0.3 is 18.3 Å². The van der Waals surface area contributed by atoms with E-state index >= 15 is 0 Å². The van der Waals surface area contributed by atoms with Crippen molar-refractivity contribution in [1.29, 1.82) is 0 Å². The van der Waals surface area contributed by atoms with Crippen molar-refractivity contribution in [3.63, 3.8) is 0 Å². The van der Waals surface area contributed by atoms with Crippen LogP contribution in [-0.2, 0) is 30.0 Å². The Morgan fingerprint density at radius 3 is 1.43 bits per heavy atom. The molecule has 0 N–H and O–H groups in total. The van der Waals surface area contributed by atoms with Gasteiger partial charge in [0.15, 0.2) is 8.32 Å². The summed E-state index contributed by atoms with van der Waals surface area (Å²) in [7, 11) is -2.00. The monoisotopic (exact) mass is 608 g/mol. The molecular formula is C31H52N2O8Si. The number of amides is 4. The highest BCUT2D eigenvalue weighted by Crippen LogP contribution is 2.37. The summed E-state index contributed by atoms with van der Waals surface area (Å²) in [6, 6.07) is 5.24. The number of anilines is 1. The zero-order chi connectivity index (χ0) is 33.1. The van der Waals surface area contributed by atoms with Crippen LogP contribution in [0.5, 0.6) is 0 Å². The zero-order valence-corrected chi connectivity index (χ0v) is 29.3. The summed E-state index contributed by atoms with van der Waals surface area (Å²) in [6.45, 7) is 27.3. The van der Waals surface area contributed by atoms with Gasteiger partial charge in [0.1, 0.15) is 22.8 Å². The standard InChI is InChI=1S/C31H52N2O8Si/c1-21(32(25(35)39-28(2,3)4)26(36)40-29(5,6)7)24(34)33(27(37)41-30(8,9)10)23-18-16-22(17-19-23)20-38-42(14,15)31(11,12)13/h16-19,21H,20H2,1-15H3/t21-/m0/s1. The summed E-state index contributed by atoms with van der Waals surface area (Å²) in [5, 5.41) is 0.0389. The molecule has 0 fully saturated rings. The third-order valence-corrected chi connectivity index (χ3v) is 10.8. The molecule has 0 aliphatic carbocycles. The van der Waals surface area contributed by atoms with Crippen LogP contribution in [0.4, 0.5) is 20.1 Å². The van der Waals surface area contributed by atoms with Crippen molar-refractivity contribution in [2.75, 3.05) is 4.90 Å². The molecule has 1 aromatic carbocycles. The van der Waals surface area contributed by atoms with Gasteiger partial charge in [-0.15, -0.1) is 0 Å². The second-order valence-electron chi connectivity index (χ2n) is 14.9. The van der Waals surface area contributed by atoms with Gasteiger partial charge in [-0.1, -0.05) is 32.9 Å². The molecule has 0 radical (unpaired) electrons. The highest BCUT2D eigenvalue weighted by Gasteiger charge is 2.42. The second kappa shape index (κ2) is 13.2. The Bertz CT molecular complexity index is 1090. The Balaban J connectivity index is 3.50. The molecule has 1 aromatic rings. The molecule has 42 heavy (non-hydrogen) atoms. The van der Waals surface area contributed by atoms with Crippen LogP contribution >= 0.6 is 0 Å². The Morgan fingerprint density at radius 2 is 1.07 bits per heavy atom. The highest BCUT2D eigenvalue weighted by molar-refractivity contribution is 6.74. The average Bonchev–Trinajstić information content (AvgIpc) is 2.74. The molecule has 0 saturated heterocycles. The number of nitrogens with zero attached hydrogens (tertiary/aromatic N) is 2. The molecule has 0 unspecified atom stereocenters. The third kappa shape index (κ3) is 11.4. The zero-order valence-electron chi connectivity index (χ0n) is 28.3. The van der Waals surface area contributed by atoms with Gasteiger partial charge in [-0.05, 0) is 105 Å². The van der Waals surface area contributed by atoms with E-state index in [4.69, 9.17) is 18.6 Å². The van der Waals surface area contributed by atoms with Gasteiger partial charge in [0.05, 0.1) is 12.3 Å². The van der Waals surface area contributed by atoms with Crippen molar-refractivity contribution in [2.45, 2.75) is 138 Å². The van der Waals surface area contributed by atoms with E-state index in [0.717, 1.165) is 10.5 Å². The Labute approximate surface area is 253 Å². The lowest BCUT2D eigenvalue weighted by Crippen LogP contribution is -2.56. The van der Waals surface area contributed by atoms with Gasteiger partial charge in [0.2, 0.25) is 0 Å². The number of imide groups is 2. The van der Waals surface area contributed by atoms with Gasteiger partial charge < -0.3 is 18.6 Å². The normalized spacial score (nSPS) is 13.6. The largest absolute Gasteiger partial charge is 0.443 e. The summed E-state index contributed by atoms with van der Waals surface area (Å²) in [5.74, 6) is -0.883. The molecule has 0 heterocycles. The Hall–Kier alpha value is -2.92. The fourth-order valence-electron chi connectivity index (χ4n) is 3.16. The van der Waals surface area contributed by atoms with Crippen LogP contribution in [-0.4, -0.2) is 60.2 Å². The first-order valence-corrected chi connectivity index (χ1v) is 17.1. The smallest absolute Gasteiger partial charge is 0.421 e. The van der Waals surface area contributed by atoms with E-state index in [9.17, 15) is 19.2 Å². The first-order valence-electron chi connectivity index (χ1n) is 14.2. The topological polar surface area (TPSA) is 112 Å². The summed E-state index contributed by atoms with van der Waals surface area (Å²) >= 11 is 0. The first-order chi connectivity index (χ1) is 18.7. The number of hydrogen-bond donors (Lipinski definition) is 0. The number of carbonyl (C=O) groups excluding carboxylic acids is 4. The van der Waals surface area contributed by atoms with E-state index in [-0.39, 0.29) is 10.7 Å². The third-order valence-electron chi connectivity index (χ3n) is 6.32. The van der Waals surface area contributed by atoms with Crippen LogP contribution in [0.15, 0.2) is 24.3 Å². The minimum absolute atomic E-state index is 0.0389. The lowest BCUT2D eigenvalue weighted by molar-refractivity contribution is -0.123. The van der Waals surface area contributed by atoms with Crippen LogP contribution < -0.4 is 4.90 Å². The summed E-state index contributed by atoms with van der Waals surface area (Å²) in [6.07, 6.45) is -3.13. The molecule has 1 rings (SSSR count). The molecule has 0 bridgehead atoms. The van der Waals surface area contributed by atoms with Crippen molar-refractivity contribution in [2.24, 2.45) is 0 Å². The van der Waals surface area contributed by atoms with E-state index < -0.39 is 55.3 Å². The van der Waals surface area contributed by atoms with Crippen LogP contribution in [0.25, 0.3) is 0 Å². The van der Waals surface area contributed by atoms with Gasteiger partial charge in [-0.3, -0.25) is 4.79 Å². The Kier molecular flexibility index (Phi) is 11.6. The lowest BCUT2D eigenvalue weighted by atomic mass is 10.1. The minimum Gasteiger partial charge on any atom is -0.443 e. The van der Waals surface area contributed by atoms with Crippen LogP contribution in [0, 0.1) is 0 Å². The summed E-state index contributed by atoms with van der Waals surface area (Å²) < 4.78 is 22.7. The molecule has 238 valence electrons. The van der Waals surface area contributed by atoms with E-state index in [1.165, 1.54) is 6.92 Å². The van der Waals surface area contributed by atoms with Crippen molar-refractivity contribution in [1.82, 2.24) is 4.90 Å². The van der Waals surface area contributed by atoms with E-state index in [2.05, 4.69) is 33.9 Å². The molecule has 1 atom stereocenters. The van der Waals surface area contributed by atoms with Crippen molar-refractivity contribution in [3.05, 3.63) is 29.8 Å². The van der Waals surface area contributed by atoms with Gasteiger partial charge in [-0.25, -0.2) is 19.3 Å². The van der Waals surface area contributed by atoms with Crippen molar-refractivity contribution in [3.8, 4) is 0 Å². The number of rotatable bonds is 6. The molecular weight excluding hydrogens is 556 g/mol. The van der Waals surface area contributed by atoms with Crippen LogP contribution in [0.1, 0.15) is 95.6 Å². The number of hydrogen-bond acceptors (Lipinski definition) is 8. The maximum Gasteiger partial charge on any atom is 0.421 e. The fourth-order valence-corrected chi connectivity index (χ4v) is 4.12. The van der Waals surface area contributed by atoms with Crippen LogP contribution in [0.2, 0.25) is 18.1 Å². The van der Waals surface area contributed by atoms with Crippen molar-refractivity contribution >= 4 is 38.2 Å².